The molecule has 0 unspecified atom stereocenters. The number of nitrogens with zero attached hydrogens (tertiary/aromatic N) is 3. The van der Waals surface area contributed by atoms with Crippen LogP contribution in [-0.2, 0) is 6.54 Å². The minimum Gasteiger partial charge on any atom is -0.284 e. The molecule has 4 rings (SSSR count). The fourth-order valence-electron chi connectivity index (χ4n) is 3.38. The van der Waals surface area contributed by atoms with Crippen LogP contribution in [0.3, 0.4) is 0 Å². The van der Waals surface area contributed by atoms with Gasteiger partial charge >= 0.3 is 0 Å². The molecule has 1 aliphatic rings. The lowest BCUT2D eigenvalue weighted by Crippen LogP contribution is -2.46. The summed E-state index contributed by atoms with van der Waals surface area (Å²) < 4.78 is 0. The normalized spacial score (nSPS) is 14.7. The van der Waals surface area contributed by atoms with Crippen LogP contribution >= 0.6 is 0 Å². The second-order valence-electron chi connectivity index (χ2n) is 6.65. The van der Waals surface area contributed by atoms with Crippen LogP contribution < -0.4 is 0 Å². The van der Waals surface area contributed by atoms with E-state index in [1.165, 1.54) is 11.1 Å². The van der Waals surface area contributed by atoms with Crippen LogP contribution in [-0.4, -0.2) is 22.9 Å². The van der Waals surface area contributed by atoms with Crippen molar-refractivity contribution in [1.82, 2.24) is 10.0 Å². The number of rotatable bonds is 4. The Morgan fingerprint density at radius 3 is 2.19 bits per heavy atom. The predicted octanol–water partition coefficient (Wildman–Crippen LogP) is 5.19. The Morgan fingerprint density at radius 1 is 0.846 bits per heavy atom. The van der Waals surface area contributed by atoms with Crippen LogP contribution in [0.1, 0.15) is 29.7 Å². The Hall–Kier alpha value is -2.91. The molecule has 26 heavy (non-hydrogen) atoms. The zero-order valence-electron chi connectivity index (χ0n) is 15.2. The Kier molecular flexibility index (Phi) is 4.55. The van der Waals surface area contributed by atoms with E-state index in [0.29, 0.717) is 0 Å². The Labute approximate surface area is 155 Å². The van der Waals surface area contributed by atoms with Gasteiger partial charge in [-0.1, -0.05) is 78.9 Å². The van der Waals surface area contributed by atoms with Gasteiger partial charge in [-0.2, -0.15) is 0 Å². The van der Waals surface area contributed by atoms with Gasteiger partial charge in [0.15, 0.2) is 5.84 Å². The third kappa shape index (κ3) is 3.14. The molecule has 1 aliphatic heterocycles. The van der Waals surface area contributed by atoms with E-state index in [1.807, 2.05) is 6.07 Å². The summed E-state index contributed by atoms with van der Waals surface area (Å²) in [6.45, 7) is 3.05. The second kappa shape index (κ2) is 7.14. The molecule has 0 saturated carbocycles. The summed E-state index contributed by atoms with van der Waals surface area (Å²) in [5.41, 5.74) is 4.73. The highest BCUT2D eigenvalue weighted by Crippen LogP contribution is 2.31. The molecular weight excluding hydrogens is 318 g/mol. The zero-order chi connectivity index (χ0) is 17.9. The van der Waals surface area contributed by atoms with Crippen LogP contribution in [0.2, 0.25) is 0 Å². The van der Waals surface area contributed by atoms with Gasteiger partial charge < -0.3 is 0 Å². The molecule has 0 bridgehead atoms. The predicted molar refractivity (Wildman–Crippen MR) is 107 cm³/mol. The van der Waals surface area contributed by atoms with Gasteiger partial charge in [0.1, 0.15) is 0 Å². The summed E-state index contributed by atoms with van der Waals surface area (Å²) in [5, 5.41) is 4.58. The minimum atomic E-state index is 0.246. The highest BCUT2D eigenvalue weighted by Gasteiger charge is 2.27. The van der Waals surface area contributed by atoms with Gasteiger partial charge in [0.25, 0.3) is 0 Å². The van der Waals surface area contributed by atoms with Gasteiger partial charge in [0, 0.05) is 12.6 Å². The SMILES string of the molecule is C[C@@H](c1ccccc1)N(C)N1Cc2ccccc2N=C1c1ccccc1. The molecule has 0 aromatic heterocycles. The molecule has 0 radical (unpaired) electrons. The van der Waals surface area contributed by atoms with Crippen LogP contribution in [0, 0.1) is 0 Å². The lowest BCUT2D eigenvalue weighted by atomic mass is 10.1. The molecule has 0 N–H and O–H groups in total. The van der Waals surface area contributed by atoms with Crippen LogP contribution in [0.5, 0.6) is 0 Å². The fourth-order valence-corrected chi connectivity index (χ4v) is 3.38. The maximum atomic E-state index is 5.00. The maximum Gasteiger partial charge on any atom is 0.151 e. The molecule has 0 spiro atoms. The lowest BCUT2D eigenvalue weighted by Gasteiger charge is -2.40. The summed E-state index contributed by atoms with van der Waals surface area (Å²) >= 11 is 0. The van der Waals surface area contributed by atoms with Crippen molar-refractivity contribution in [2.24, 2.45) is 4.99 Å². The molecule has 0 amide bonds. The first kappa shape index (κ1) is 16.6. The average molecular weight is 341 g/mol. The summed E-state index contributed by atoms with van der Waals surface area (Å²) in [4.78, 5) is 5.00. The van der Waals surface area contributed by atoms with E-state index < -0.39 is 0 Å². The lowest BCUT2D eigenvalue weighted by molar-refractivity contribution is 0.0272. The van der Waals surface area contributed by atoms with Crippen molar-refractivity contribution in [1.29, 1.82) is 0 Å². The van der Waals surface area contributed by atoms with E-state index in [2.05, 4.69) is 103 Å². The molecule has 0 aliphatic carbocycles. The Morgan fingerprint density at radius 2 is 1.46 bits per heavy atom. The van der Waals surface area contributed by atoms with Crippen molar-refractivity contribution < 1.29 is 0 Å². The molecule has 3 heteroatoms. The maximum absolute atomic E-state index is 5.00. The number of para-hydroxylation sites is 1. The summed E-state index contributed by atoms with van der Waals surface area (Å²) in [6.07, 6.45) is 0. The number of hydrogen-bond donors (Lipinski definition) is 0. The molecule has 130 valence electrons. The van der Waals surface area contributed by atoms with Gasteiger partial charge in [0.2, 0.25) is 0 Å². The smallest absolute Gasteiger partial charge is 0.151 e. The molecule has 1 heterocycles. The second-order valence-corrected chi connectivity index (χ2v) is 6.65. The first-order valence-corrected chi connectivity index (χ1v) is 9.01. The topological polar surface area (TPSA) is 18.8 Å². The van der Waals surface area contributed by atoms with Gasteiger partial charge in [-0.05, 0) is 24.1 Å². The highest BCUT2D eigenvalue weighted by molar-refractivity contribution is 6.01. The average Bonchev–Trinajstić information content (AvgIpc) is 2.73. The van der Waals surface area contributed by atoms with Crippen molar-refractivity contribution in [3.63, 3.8) is 0 Å². The number of amidine groups is 1. The number of aliphatic imine (C=N–C) groups is 1. The monoisotopic (exact) mass is 341 g/mol. The molecule has 3 aromatic rings. The van der Waals surface area contributed by atoms with Crippen LogP contribution in [0.4, 0.5) is 5.69 Å². The first-order chi connectivity index (χ1) is 12.7. The van der Waals surface area contributed by atoms with E-state index in [1.54, 1.807) is 0 Å². The number of hydrogen-bond acceptors (Lipinski definition) is 3. The van der Waals surface area contributed by atoms with E-state index in [9.17, 15) is 0 Å². The van der Waals surface area contributed by atoms with Crippen molar-refractivity contribution in [3.8, 4) is 0 Å². The Bertz CT molecular complexity index is 903. The van der Waals surface area contributed by atoms with Crippen molar-refractivity contribution in [2.45, 2.75) is 19.5 Å². The van der Waals surface area contributed by atoms with Gasteiger partial charge in [-0.15, -0.1) is 0 Å². The number of fused-ring (bicyclic) bond motifs is 1. The van der Waals surface area contributed by atoms with Crippen LogP contribution in [0.25, 0.3) is 0 Å². The van der Waals surface area contributed by atoms with E-state index in [4.69, 9.17) is 4.99 Å². The largest absolute Gasteiger partial charge is 0.284 e. The number of hydrazine groups is 1. The number of benzene rings is 3. The van der Waals surface area contributed by atoms with Gasteiger partial charge in [0.05, 0.1) is 18.3 Å². The van der Waals surface area contributed by atoms with Gasteiger partial charge in [-0.3, -0.25) is 5.01 Å². The summed E-state index contributed by atoms with van der Waals surface area (Å²) in [7, 11) is 2.14. The molecule has 3 nitrogen and oxygen atoms in total. The summed E-state index contributed by atoms with van der Waals surface area (Å²) in [5.74, 6) is 0.995. The van der Waals surface area contributed by atoms with E-state index >= 15 is 0 Å². The van der Waals surface area contributed by atoms with E-state index in [0.717, 1.165) is 23.6 Å². The first-order valence-electron chi connectivity index (χ1n) is 9.01. The third-order valence-electron chi connectivity index (χ3n) is 5.04. The van der Waals surface area contributed by atoms with Crippen molar-refractivity contribution in [3.05, 3.63) is 102 Å². The molecule has 0 fully saturated rings. The zero-order valence-corrected chi connectivity index (χ0v) is 15.2. The van der Waals surface area contributed by atoms with Gasteiger partial charge in [-0.25, -0.2) is 10.0 Å². The van der Waals surface area contributed by atoms with Crippen molar-refractivity contribution in [2.75, 3.05) is 7.05 Å². The van der Waals surface area contributed by atoms with E-state index in [-0.39, 0.29) is 6.04 Å². The quantitative estimate of drug-likeness (QED) is 0.650. The summed E-state index contributed by atoms with van der Waals surface area (Å²) in [6, 6.07) is 29.7. The molecular formula is C23H23N3. The Balaban J connectivity index is 1.74. The fraction of sp³-hybridized carbons (Fsp3) is 0.174. The minimum absolute atomic E-state index is 0.246. The van der Waals surface area contributed by atoms with Crippen LogP contribution in [0.15, 0.2) is 89.9 Å². The third-order valence-corrected chi connectivity index (χ3v) is 5.04. The molecule has 0 saturated heterocycles. The highest BCUT2D eigenvalue weighted by atomic mass is 15.6. The molecule has 3 aromatic carbocycles. The van der Waals surface area contributed by atoms with Crippen molar-refractivity contribution >= 4 is 11.5 Å². The molecule has 1 atom stereocenters. The standard InChI is InChI=1S/C23H23N3/c1-18(19-11-5-3-6-12-19)25(2)26-17-21-15-9-10-16-22(21)24-23(26)20-13-7-4-8-14-20/h3-16,18H,17H2,1-2H3/t18-/m0/s1.